The minimum atomic E-state index is -3.68. The Labute approximate surface area is 303 Å². The number of thiophene rings is 2. The normalized spacial score (nSPS) is 11.6. The van der Waals surface area contributed by atoms with Crippen LogP contribution in [0.15, 0.2) is 110 Å². The van der Waals surface area contributed by atoms with E-state index in [1.807, 2.05) is 47.2 Å². The van der Waals surface area contributed by atoms with Gasteiger partial charge in [-0.3, -0.25) is 0 Å². The van der Waals surface area contributed by atoms with Gasteiger partial charge in [-0.15, -0.1) is 22.7 Å². The minimum Gasteiger partial charge on any atom is -0.336 e. The lowest BCUT2D eigenvalue weighted by molar-refractivity contribution is 0.430. The number of halogens is 2. The molecule has 6 aromatic rings. The van der Waals surface area contributed by atoms with Gasteiger partial charge in [-0.1, -0.05) is 71.0 Å². The standard InChI is InChI=1S/2C16H15BrN2O3S2/c2*1-11-15(17)16(22-18-11)19-24(20,21)14-9-13(10-23-14)8-7-12-5-3-2-4-6-12/h2*2-6,9-10,19H,7-8H2,1H3. The zero-order chi connectivity index (χ0) is 34.3. The zero-order valence-corrected chi connectivity index (χ0v) is 32.1. The number of benzene rings is 2. The lowest BCUT2D eigenvalue weighted by Crippen LogP contribution is -2.11. The van der Waals surface area contributed by atoms with Gasteiger partial charge in [0.05, 0.1) is 11.4 Å². The molecule has 4 heterocycles. The van der Waals surface area contributed by atoms with Crippen LogP contribution in [-0.4, -0.2) is 27.1 Å². The maximum absolute atomic E-state index is 12.4. The van der Waals surface area contributed by atoms with E-state index in [1.54, 1.807) is 26.0 Å². The Hall–Kier alpha value is -3.28. The van der Waals surface area contributed by atoms with Crippen LogP contribution in [0.25, 0.3) is 0 Å². The summed E-state index contributed by atoms with van der Waals surface area (Å²) in [5.41, 5.74) is 5.62. The zero-order valence-electron chi connectivity index (χ0n) is 25.6. The molecular weight excluding hydrogens is 824 g/mol. The predicted octanol–water partition coefficient (Wildman–Crippen LogP) is 8.79. The molecule has 4 aromatic heterocycles. The molecule has 0 aliphatic heterocycles. The van der Waals surface area contributed by atoms with E-state index in [0.29, 0.717) is 20.3 Å². The lowest BCUT2D eigenvalue weighted by atomic mass is 10.1. The Kier molecular flexibility index (Phi) is 12.0. The summed E-state index contributed by atoms with van der Waals surface area (Å²) >= 11 is 8.89. The van der Waals surface area contributed by atoms with Crippen LogP contribution in [0.4, 0.5) is 11.8 Å². The second-order valence-corrected chi connectivity index (χ2v) is 17.8. The first kappa shape index (κ1) is 36.0. The summed E-state index contributed by atoms with van der Waals surface area (Å²) in [7, 11) is -7.36. The number of nitrogens with one attached hydrogen (secondary N) is 2. The Morgan fingerprint density at radius 3 is 1.29 bits per heavy atom. The SMILES string of the molecule is Cc1noc(NS(=O)(=O)c2cc(CCc3ccccc3)cs2)c1Br.Cc1noc(NS(=O)(=O)c2cc(CCc3ccccc3)cs2)c1Br. The van der Waals surface area contributed by atoms with Crippen molar-refractivity contribution in [2.24, 2.45) is 0 Å². The van der Waals surface area contributed by atoms with Crippen LogP contribution in [0.2, 0.25) is 0 Å². The molecule has 252 valence electrons. The number of aryl methyl sites for hydroxylation is 6. The molecule has 0 aliphatic rings. The van der Waals surface area contributed by atoms with E-state index in [1.165, 1.54) is 33.8 Å². The lowest BCUT2D eigenvalue weighted by Gasteiger charge is -2.02. The van der Waals surface area contributed by atoms with E-state index < -0.39 is 20.0 Å². The smallest absolute Gasteiger partial charge is 0.273 e. The molecule has 2 aromatic carbocycles. The number of anilines is 2. The summed E-state index contributed by atoms with van der Waals surface area (Å²) < 4.78 is 66.1. The first-order valence-corrected chi connectivity index (χ1v) is 20.7. The van der Waals surface area contributed by atoms with E-state index in [0.717, 1.165) is 36.8 Å². The fourth-order valence-electron chi connectivity index (χ4n) is 4.31. The molecule has 0 saturated heterocycles. The Balaban J connectivity index is 0.000000188. The molecule has 0 saturated carbocycles. The van der Waals surface area contributed by atoms with Gasteiger partial charge < -0.3 is 9.05 Å². The molecule has 0 fully saturated rings. The second kappa shape index (κ2) is 16.0. The van der Waals surface area contributed by atoms with Gasteiger partial charge >= 0.3 is 0 Å². The fraction of sp³-hybridized carbons (Fsp3) is 0.188. The van der Waals surface area contributed by atoms with Crippen molar-refractivity contribution in [3.8, 4) is 0 Å². The molecule has 0 bridgehead atoms. The monoisotopic (exact) mass is 852 g/mol. The van der Waals surface area contributed by atoms with Crippen LogP contribution >= 0.6 is 54.5 Å². The second-order valence-electron chi connectivity index (χ2n) is 10.6. The highest BCUT2D eigenvalue weighted by Crippen LogP contribution is 2.31. The summed E-state index contributed by atoms with van der Waals surface area (Å²) in [6.45, 7) is 3.44. The Bertz CT molecular complexity index is 2020. The van der Waals surface area contributed by atoms with Gasteiger partial charge in [0, 0.05) is 0 Å². The first-order valence-electron chi connectivity index (χ1n) is 14.4. The number of aromatic nitrogens is 2. The van der Waals surface area contributed by atoms with E-state index in [-0.39, 0.29) is 20.2 Å². The highest BCUT2D eigenvalue weighted by atomic mass is 79.9. The fourth-order valence-corrected chi connectivity index (χ4v) is 9.53. The van der Waals surface area contributed by atoms with Crippen molar-refractivity contribution in [2.45, 2.75) is 47.9 Å². The average Bonchev–Trinajstić information content (AvgIpc) is 3.88. The number of hydrogen-bond acceptors (Lipinski definition) is 10. The van der Waals surface area contributed by atoms with Crippen molar-refractivity contribution < 1.29 is 25.9 Å². The molecule has 0 amide bonds. The highest BCUT2D eigenvalue weighted by Gasteiger charge is 2.23. The Morgan fingerprint density at radius 2 is 0.958 bits per heavy atom. The Morgan fingerprint density at radius 1 is 0.604 bits per heavy atom. The van der Waals surface area contributed by atoms with E-state index >= 15 is 0 Å². The van der Waals surface area contributed by atoms with Gasteiger partial charge in [0.15, 0.2) is 0 Å². The summed E-state index contributed by atoms with van der Waals surface area (Å²) in [5, 5.41) is 11.2. The van der Waals surface area contributed by atoms with Crippen LogP contribution in [0, 0.1) is 13.8 Å². The molecule has 0 spiro atoms. The van der Waals surface area contributed by atoms with Crippen LogP contribution < -0.4 is 9.44 Å². The van der Waals surface area contributed by atoms with Gasteiger partial charge in [-0.2, -0.15) is 0 Å². The van der Waals surface area contributed by atoms with E-state index in [2.05, 4.69) is 75.9 Å². The van der Waals surface area contributed by atoms with Crippen molar-refractivity contribution in [3.63, 3.8) is 0 Å². The molecule has 0 aliphatic carbocycles. The van der Waals surface area contributed by atoms with Gasteiger partial charge in [0.25, 0.3) is 31.8 Å². The molecule has 6 rings (SSSR count). The molecule has 16 heteroatoms. The van der Waals surface area contributed by atoms with Crippen molar-refractivity contribution in [1.29, 1.82) is 0 Å². The molecule has 10 nitrogen and oxygen atoms in total. The van der Waals surface area contributed by atoms with Crippen LogP contribution in [0.3, 0.4) is 0 Å². The van der Waals surface area contributed by atoms with Crippen LogP contribution in [-0.2, 0) is 45.7 Å². The summed E-state index contributed by atoms with van der Waals surface area (Å²) in [6.07, 6.45) is 3.33. The van der Waals surface area contributed by atoms with Crippen molar-refractivity contribution in [1.82, 2.24) is 10.3 Å². The number of nitrogens with zero attached hydrogens (tertiary/aromatic N) is 2. The third-order valence-electron chi connectivity index (χ3n) is 6.92. The molecule has 0 atom stereocenters. The van der Waals surface area contributed by atoms with E-state index in [9.17, 15) is 16.8 Å². The first-order chi connectivity index (χ1) is 22.9. The largest absolute Gasteiger partial charge is 0.336 e. The van der Waals surface area contributed by atoms with Gasteiger partial charge in [0.1, 0.15) is 17.4 Å². The third-order valence-corrected chi connectivity index (χ3v) is 14.4. The van der Waals surface area contributed by atoms with Crippen molar-refractivity contribution in [3.05, 3.63) is 126 Å². The average molecular weight is 855 g/mol. The van der Waals surface area contributed by atoms with Crippen molar-refractivity contribution >= 4 is 86.3 Å². The van der Waals surface area contributed by atoms with Crippen LogP contribution in [0.5, 0.6) is 0 Å². The maximum atomic E-state index is 12.4. The van der Waals surface area contributed by atoms with Gasteiger partial charge in [0.2, 0.25) is 0 Å². The topological polar surface area (TPSA) is 144 Å². The van der Waals surface area contributed by atoms with Crippen molar-refractivity contribution in [2.75, 3.05) is 9.44 Å². The molecular formula is C32H30Br2N4O6S4. The highest BCUT2D eigenvalue weighted by molar-refractivity contribution is 9.11. The molecule has 0 unspecified atom stereocenters. The molecule has 0 radical (unpaired) electrons. The quantitative estimate of drug-likeness (QED) is 0.124. The predicted molar refractivity (Wildman–Crippen MR) is 196 cm³/mol. The summed E-state index contributed by atoms with van der Waals surface area (Å²) in [5.74, 6) is 0.179. The number of hydrogen-bond donors (Lipinski definition) is 2. The maximum Gasteiger partial charge on any atom is 0.273 e. The number of sulfonamides is 2. The number of rotatable bonds is 12. The van der Waals surface area contributed by atoms with Gasteiger partial charge in [-0.25, -0.2) is 26.3 Å². The molecule has 2 N–H and O–H groups in total. The summed E-state index contributed by atoms with van der Waals surface area (Å²) in [4.78, 5) is 0. The minimum absolute atomic E-state index is 0.0896. The summed E-state index contributed by atoms with van der Waals surface area (Å²) in [6, 6.07) is 23.6. The van der Waals surface area contributed by atoms with E-state index in [4.69, 9.17) is 9.05 Å². The molecule has 48 heavy (non-hydrogen) atoms. The van der Waals surface area contributed by atoms with Gasteiger partial charge in [-0.05, 0) is 117 Å². The van der Waals surface area contributed by atoms with Crippen LogP contribution in [0.1, 0.15) is 33.6 Å². The third kappa shape index (κ3) is 9.45.